The highest BCUT2D eigenvalue weighted by Gasteiger charge is 2.47. The number of benzene rings is 1. The summed E-state index contributed by atoms with van der Waals surface area (Å²) in [6, 6.07) is 1.89. The number of hydrogen-bond donors (Lipinski definition) is 0. The SMILES string of the molecule is COc1cc(C)c(C2(N=C=O)CC2)c(C)c1Cl. The third kappa shape index (κ3) is 1.86. The number of aryl methyl sites for hydroxylation is 1. The quantitative estimate of drug-likeness (QED) is 0.611. The summed E-state index contributed by atoms with van der Waals surface area (Å²) < 4.78 is 5.21. The zero-order valence-electron chi connectivity index (χ0n) is 10.1. The number of methoxy groups -OCH3 is 1. The maximum atomic E-state index is 10.5. The monoisotopic (exact) mass is 251 g/mol. The van der Waals surface area contributed by atoms with E-state index in [0.717, 1.165) is 29.5 Å². The molecule has 1 saturated carbocycles. The van der Waals surface area contributed by atoms with E-state index in [-0.39, 0.29) is 5.54 Å². The van der Waals surface area contributed by atoms with Crippen LogP contribution in [0.2, 0.25) is 5.02 Å². The first-order chi connectivity index (χ1) is 8.05. The molecule has 0 amide bonds. The molecule has 0 radical (unpaired) electrons. The van der Waals surface area contributed by atoms with Crippen LogP contribution in [0.3, 0.4) is 0 Å². The molecular weight excluding hydrogens is 238 g/mol. The smallest absolute Gasteiger partial charge is 0.235 e. The predicted octanol–water partition coefficient (Wildman–Crippen LogP) is 3.29. The van der Waals surface area contributed by atoms with Crippen LogP contribution in [0.4, 0.5) is 0 Å². The average Bonchev–Trinajstić information content (AvgIpc) is 3.05. The Morgan fingerprint density at radius 2 is 2.12 bits per heavy atom. The zero-order valence-corrected chi connectivity index (χ0v) is 10.9. The molecule has 0 aromatic heterocycles. The lowest BCUT2D eigenvalue weighted by molar-refractivity contribution is 0.414. The van der Waals surface area contributed by atoms with Crippen LogP contribution < -0.4 is 4.74 Å². The van der Waals surface area contributed by atoms with E-state index in [4.69, 9.17) is 16.3 Å². The number of hydrogen-bond acceptors (Lipinski definition) is 3. The first-order valence-corrected chi connectivity index (χ1v) is 5.87. The normalized spacial score (nSPS) is 16.2. The van der Waals surface area contributed by atoms with Gasteiger partial charge in [-0.05, 0) is 49.4 Å². The molecule has 0 N–H and O–H groups in total. The van der Waals surface area contributed by atoms with E-state index in [1.165, 1.54) is 0 Å². The summed E-state index contributed by atoms with van der Waals surface area (Å²) >= 11 is 6.24. The van der Waals surface area contributed by atoms with E-state index in [2.05, 4.69) is 4.99 Å². The van der Waals surface area contributed by atoms with Crippen molar-refractivity contribution in [2.75, 3.05) is 7.11 Å². The fourth-order valence-electron chi connectivity index (χ4n) is 2.41. The lowest BCUT2D eigenvalue weighted by atomic mass is 9.94. The van der Waals surface area contributed by atoms with Gasteiger partial charge in [0.25, 0.3) is 0 Å². The minimum Gasteiger partial charge on any atom is -0.495 e. The Labute approximate surface area is 105 Å². The maximum Gasteiger partial charge on any atom is 0.235 e. The molecule has 17 heavy (non-hydrogen) atoms. The van der Waals surface area contributed by atoms with Gasteiger partial charge in [-0.2, -0.15) is 4.99 Å². The molecule has 90 valence electrons. The molecule has 0 spiro atoms. The second-order valence-electron chi connectivity index (χ2n) is 4.44. The Kier molecular flexibility index (Phi) is 2.98. The Morgan fingerprint density at radius 1 is 1.47 bits per heavy atom. The van der Waals surface area contributed by atoms with Gasteiger partial charge >= 0.3 is 0 Å². The number of nitrogens with zero attached hydrogens (tertiary/aromatic N) is 1. The minimum atomic E-state index is -0.383. The molecule has 1 aromatic rings. The largest absolute Gasteiger partial charge is 0.495 e. The van der Waals surface area contributed by atoms with E-state index >= 15 is 0 Å². The van der Waals surface area contributed by atoms with Crippen molar-refractivity contribution in [3.05, 3.63) is 27.8 Å². The molecule has 0 saturated heterocycles. The van der Waals surface area contributed by atoms with Crippen molar-refractivity contribution in [3.63, 3.8) is 0 Å². The van der Waals surface area contributed by atoms with E-state index in [1.54, 1.807) is 13.2 Å². The van der Waals surface area contributed by atoms with Crippen molar-refractivity contribution >= 4 is 17.7 Å². The van der Waals surface area contributed by atoms with Crippen LogP contribution in [-0.2, 0) is 10.3 Å². The standard InChI is InChI=1S/C13H14ClNO2/c1-8-6-10(17-3)12(14)9(2)11(8)13(4-5-13)15-7-16/h6H,4-5H2,1-3H3. The van der Waals surface area contributed by atoms with Gasteiger partial charge in [0.1, 0.15) is 5.75 Å². The molecule has 0 atom stereocenters. The van der Waals surface area contributed by atoms with Crippen molar-refractivity contribution in [2.24, 2.45) is 4.99 Å². The maximum absolute atomic E-state index is 10.5. The van der Waals surface area contributed by atoms with Crippen LogP contribution in [0, 0.1) is 13.8 Å². The molecule has 0 bridgehead atoms. The molecule has 1 aliphatic rings. The Bertz CT molecular complexity index is 515. The number of rotatable bonds is 3. The van der Waals surface area contributed by atoms with Crippen molar-refractivity contribution in [1.29, 1.82) is 0 Å². The molecular formula is C13H14ClNO2. The van der Waals surface area contributed by atoms with Crippen LogP contribution in [0.1, 0.15) is 29.5 Å². The summed E-state index contributed by atoms with van der Waals surface area (Å²) in [5, 5.41) is 0.598. The molecule has 2 rings (SSSR count). The van der Waals surface area contributed by atoms with E-state index in [1.807, 2.05) is 19.9 Å². The van der Waals surface area contributed by atoms with Crippen LogP contribution in [-0.4, -0.2) is 13.2 Å². The first-order valence-electron chi connectivity index (χ1n) is 5.49. The summed E-state index contributed by atoms with van der Waals surface area (Å²) in [5.74, 6) is 0.663. The van der Waals surface area contributed by atoms with Gasteiger partial charge < -0.3 is 4.74 Å². The summed E-state index contributed by atoms with van der Waals surface area (Å²) in [5.41, 5.74) is 2.66. The van der Waals surface area contributed by atoms with E-state index in [0.29, 0.717) is 10.8 Å². The summed E-state index contributed by atoms with van der Waals surface area (Å²) in [6.45, 7) is 3.93. The van der Waals surface area contributed by atoms with Gasteiger partial charge in [-0.25, -0.2) is 4.79 Å². The molecule has 0 unspecified atom stereocenters. The van der Waals surface area contributed by atoms with Gasteiger partial charge in [-0.1, -0.05) is 11.6 Å². The number of carbonyl (C=O) groups excluding carboxylic acids is 1. The second-order valence-corrected chi connectivity index (χ2v) is 4.82. The third-order valence-electron chi connectivity index (χ3n) is 3.33. The number of ether oxygens (including phenoxy) is 1. The van der Waals surface area contributed by atoms with Crippen LogP contribution >= 0.6 is 11.6 Å². The molecule has 1 fully saturated rings. The number of isocyanates is 1. The van der Waals surface area contributed by atoms with Gasteiger partial charge in [0.15, 0.2) is 0 Å². The van der Waals surface area contributed by atoms with Crippen LogP contribution in [0.5, 0.6) is 5.75 Å². The van der Waals surface area contributed by atoms with Gasteiger partial charge in [0.2, 0.25) is 6.08 Å². The highest BCUT2D eigenvalue weighted by molar-refractivity contribution is 6.33. The van der Waals surface area contributed by atoms with Gasteiger partial charge in [-0.15, -0.1) is 0 Å². The lowest BCUT2D eigenvalue weighted by Crippen LogP contribution is -2.09. The van der Waals surface area contributed by atoms with Gasteiger partial charge in [0.05, 0.1) is 17.7 Å². The summed E-state index contributed by atoms with van der Waals surface area (Å²) in [7, 11) is 1.59. The highest BCUT2D eigenvalue weighted by Crippen LogP contribution is 2.53. The fraction of sp³-hybridized carbons (Fsp3) is 0.462. The van der Waals surface area contributed by atoms with Crippen LogP contribution in [0.25, 0.3) is 0 Å². The van der Waals surface area contributed by atoms with Crippen molar-refractivity contribution in [3.8, 4) is 5.75 Å². The Hall–Kier alpha value is -1.31. The topological polar surface area (TPSA) is 38.7 Å². The second kappa shape index (κ2) is 4.17. The summed E-state index contributed by atoms with van der Waals surface area (Å²) in [6.07, 6.45) is 3.44. The van der Waals surface area contributed by atoms with Crippen LogP contribution in [0.15, 0.2) is 11.1 Å². The molecule has 0 aliphatic heterocycles. The number of halogens is 1. The lowest BCUT2D eigenvalue weighted by Gasteiger charge is -2.18. The minimum absolute atomic E-state index is 0.383. The molecule has 1 aliphatic carbocycles. The van der Waals surface area contributed by atoms with E-state index in [9.17, 15) is 4.79 Å². The average molecular weight is 252 g/mol. The highest BCUT2D eigenvalue weighted by atomic mass is 35.5. The van der Waals surface area contributed by atoms with Gasteiger partial charge in [0, 0.05) is 0 Å². The van der Waals surface area contributed by atoms with E-state index < -0.39 is 0 Å². The summed E-state index contributed by atoms with van der Waals surface area (Å²) in [4.78, 5) is 14.5. The number of aliphatic imine (C=N–C) groups is 1. The third-order valence-corrected chi connectivity index (χ3v) is 3.80. The van der Waals surface area contributed by atoms with Crippen molar-refractivity contribution in [1.82, 2.24) is 0 Å². The molecule has 1 aromatic carbocycles. The molecule has 3 nitrogen and oxygen atoms in total. The van der Waals surface area contributed by atoms with Crippen molar-refractivity contribution < 1.29 is 9.53 Å². The predicted molar refractivity (Wildman–Crippen MR) is 66.5 cm³/mol. The van der Waals surface area contributed by atoms with Crippen molar-refractivity contribution in [2.45, 2.75) is 32.2 Å². The zero-order chi connectivity index (χ0) is 12.6. The molecule has 4 heteroatoms. The fourth-order valence-corrected chi connectivity index (χ4v) is 2.64. The molecule has 0 heterocycles. The van der Waals surface area contributed by atoms with Gasteiger partial charge in [-0.3, -0.25) is 0 Å². The Morgan fingerprint density at radius 3 is 2.59 bits per heavy atom. The Balaban J connectivity index is 2.63. The first kappa shape index (κ1) is 12.2.